The van der Waals surface area contributed by atoms with E-state index in [4.69, 9.17) is 4.74 Å². The van der Waals surface area contributed by atoms with Crippen LogP contribution in [-0.4, -0.2) is 31.6 Å². The molecule has 1 aliphatic heterocycles. The second-order valence-corrected chi connectivity index (χ2v) is 4.14. The summed E-state index contributed by atoms with van der Waals surface area (Å²) in [7, 11) is 0. The molecule has 4 nitrogen and oxygen atoms in total. The summed E-state index contributed by atoms with van der Waals surface area (Å²) in [5.74, 6) is 1.00. The normalized spacial score (nSPS) is 17.4. The summed E-state index contributed by atoms with van der Waals surface area (Å²) in [5, 5.41) is 5.86. The minimum atomic E-state index is 0.0306. The number of rotatable bonds is 5. The Morgan fingerprint density at radius 3 is 3.06 bits per heavy atom. The van der Waals surface area contributed by atoms with E-state index >= 15 is 0 Å². The van der Waals surface area contributed by atoms with E-state index in [1.54, 1.807) is 0 Å². The maximum atomic E-state index is 11.2. The predicted octanol–water partition coefficient (Wildman–Crippen LogP) is 0.716. The number of para-hydroxylation sites is 1. The molecule has 1 aromatic carbocycles. The van der Waals surface area contributed by atoms with Gasteiger partial charge >= 0.3 is 0 Å². The van der Waals surface area contributed by atoms with Crippen LogP contribution in [0.15, 0.2) is 24.3 Å². The van der Waals surface area contributed by atoms with E-state index in [0.717, 1.165) is 12.2 Å². The average molecular weight is 234 g/mol. The molecule has 0 radical (unpaired) electrons. The number of likely N-dealkylation sites (N-methyl/N-ethyl adjacent to an activating group) is 1. The second-order valence-electron chi connectivity index (χ2n) is 4.14. The first-order valence-electron chi connectivity index (χ1n) is 6.01. The van der Waals surface area contributed by atoms with Gasteiger partial charge < -0.3 is 15.4 Å². The summed E-state index contributed by atoms with van der Waals surface area (Å²) in [6, 6.07) is 8.06. The third-order valence-electron chi connectivity index (χ3n) is 2.75. The van der Waals surface area contributed by atoms with E-state index < -0.39 is 0 Å². The maximum absolute atomic E-state index is 11.2. The molecule has 0 saturated heterocycles. The Balaban J connectivity index is 1.72. The predicted molar refractivity (Wildman–Crippen MR) is 66.1 cm³/mol. The minimum absolute atomic E-state index is 0.0306. The first-order valence-corrected chi connectivity index (χ1v) is 6.01. The van der Waals surface area contributed by atoms with Gasteiger partial charge in [0.15, 0.2) is 0 Å². The fourth-order valence-corrected chi connectivity index (χ4v) is 1.97. The lowest BCUT2D eigenvalue weighted by atomic mass is 10.1. The highest BCUT2D eigenvalue weighted by Gasteiger charge is 2.21. The van der Waals surface area contributed by atoms with Crippen LogP contribution in [0.5, 0.6) is 5.75 Å². The molecule has 2 rings (SSSR count). The highest BCUT2D eigenvalue weighted by atomic mass is 16.5. The third kappa shape index (κ3) is 3.20. The van der Waals surface area contributed by atoms with Gasteiger partial charge in [-0.3, -0.25) is 4.79 Å². The zero-order valence-electron chi connectivity index (χ0n) is 10.0. The van der Waals surface area contributed by atoms with Crippen molar-refractivity contribution in [1.29, 1.82) is 0 Å². The van der Waals surface area contributed by atoms with Gasteiger partial charge in [-0.25, -0.2) is 0 Å². The Bertz CT molecular complexity index is 368. The minimum Gasteiger partial charge on any atom is -0.488 e. The molecule has 2 N–H and O–H groups in total. The molecule has 0 spiro atoms. The van der Waals surface area contributed by atoms with Crippen LogP contribution in [0.4, 0.5) is 0 Å². The standard InChI is InChI=1S/C13H18N2O2/c1-2-15-13(16)9-14-8-11-7-10-5-3-4-6-12(10)17-11/h3-6,11,14H,2,7-9H2,1H3,(H,15,16). The van der Waals surface area contributed by atoms with Crippen LogP contribution in [0.3, 0.4) is 0 Å². The topological polar surface area (TPSA) is 50.4 Å². The summed E-state index contributed by atoms with van der Waals surface area (Å²) < 4.78 is 5.75. The van der Waals surface area contributed by atoms with Crippen molar-refractivity contribution in [3.8, 4) is 5.75 Å². The van der Waals surface area contributed by atoms with Gasteiger partial charge in [-0.05, 0) is 18.6 Å². The fraction of sp³-hybridized carbons (Fsp3) is 0.462. The zero-order valence-corrected chi connectivity index (χ0v) is 10.0. The lowest BCUT2D eigenvalue weighted by molar-refractivity contribution is -0.120. The van der Waals surface area contributed by atoms with Gasteiger partial charge in [-0.15, -0.1) is 0 Å². The molecule has 1 aliphatic rings. The lowest BCUT2D eigenvalue weighted by Crippen LogP contribution is -2.38. The number of carbonyl (C=O) groups is 1. The molecule has 1 aromatic rings. The second kappa shape index (κ2) is 5.68. The molecule has 1 amide bonds. The number of hydrogen-bond acceptors (Lipinski definition) is 3. The fourth-order valence-electron chi connectivity index (χ4n) is 1.97. The molecule has 17 heavy (non-hydrogen) atoms. The highest BCUT2D eigenvalue weighted by Crippen LogP contribution is 2.27. The van der Waals surface area contributed by atoms with Gasteiger partial charge in [0.1, 0.15) is 11.9 Å². The van der Waals surface area contributed by atoms with Crippen molar-refractivity contribution in [2.75, 3.05) is 19.6 Å². The molecule has 0 aromatic heterocycles. The third-order valence-corrected chi connectivity index (χ3v) is 2.75. The SMILES string of the molecule is CCNC(=O)CNCC1Cc2ccccc2O1. The molecular weight excluding hydrogens is 216 g/mol. The van der Waals surface area contributed by atoms with Crippen LogP contribution in [0.25, 0.3) is 0 Å². The summed E-state index contributed by atoms with van der Waals surface area (Å²) in [5.41, 5.74) is 1.25. The Kier molecular flexibility index (Phi) is 3.98. The van der Waals surface area contributed by atoms with E-state index in [9.17, 15) is 4.79 Å². The van der Waals surface area contributed by atoms with Crippen molar-refractivity contribution in [3.63, 3.8) is 0 Å². The molecular formula is C13H18N2O2. The summed E-state index contributed by atoms with van der Waals surface area (Å²) in [6.45, 7) is 3.64. The molecule has 0 aliphatic carbocycles. The number of ether oxygens (including phenoxy) is 1. The molecule has 1 atom stereocenters. The smallest absolute Gasteiger partial charge is 0.233 e. The van der Waals surface area contributed by atoms with Gasteiger partial charge in [0, 0.05) is 19.5 Å². The molecule has 1 unspecified atom stereocenters. The van der Waals surface area contributed by atoms with Gasteiger partial charge in [0.25, 0.3) is 0 Å². The number of nitrogens with one attached hydrogen (secondary N) is 2. The first-order chi connectivity index (χ1) is 8.29. The monoisotopic (exact) mass is 234 g/mol. The van der Waals surface area contributed by atoms with Crippen molar-refractivity contribution >= 4 is 5.91 Å². The van der Waals surface area contributed by atoms with Gasteiger partial charge in [0.2, 0.25) is 5.91 Å². The zero-order chi connectivity index (χ0) is 12.1. The van der Waals surface area contributed by atoms with Gasteiger partial charge in [-0.1, -0.05) is 18.2 Å². The molecule has 92 valence electrons. The van der Waals surface area contributed by atoms with E-state index in [0.29, 0.717) is 19.6 Å². The van der Waals surface area contributed by atoms with Crippen molar-refractivity contribution < 1.29 is 9.53 Å². The van der Waals surface area contributed by atoms with E-state index in [1.807, 2.05) is 25.1 Å². The van der Waals surface area contributed by atoms with Crippen LogP contribution < -0.4 is 15.4 Å². The number of benzene rings is 1. The van der Waals surface area contributed by atoms with Crippen LogP contribution in [0.2, 0.25) is 0 Å². The van der Waals surface area contributed by atoms with Crippen molar-refractivity contribution in [2.24, 2.45) is 0 Å². The Labute approximate surface area is 101 Å². The summed E-state index contributed by atoms with van der Waals surface area (Å²) in [6.07, 6.45) is 1.06. The molecule has 0 fully saturated rings. The highest BCUT2D eigenvalue weighted by molar-refractivity contribution is 5.77. The van der Waals surface area contributed by atoms with Crippen LogP contribution >= 0.6 is 0 Å². The van der Waals surface area contributed by atoms with Crippen molar-refractivity contribution in [2.45, 2.75) is 19.4 Å². The van der Waals surface area contributed by atoms with E-state index in [1.165, 1.54) is 5.56 Å². The van der Waals surface area contributed by atoms with Crippen LogP contribution in [0, 0.1) is 0 Å². The number of amides is 1. The van der Waals surface area contributed by atoms with Gasteiger partial charge in [0.05, 0.1) is 6.54 Å². The average Bonchev–Trinajstić information content (AvgIpc) is 2.71. The van der Waals surface area contributed by atoms with E-state index in [-0.39, 0.29) is 12.0 Å². The molecule has 1 heterocycles. The largest absolute Gasteiger partial charge is 0.488 e. The van der Waals surface area contributed by atoms with E-state index in [2.05, 4.69) is 16.7 Å². The quantitative estimate of drug-likeness (QED) is 0.789. The lowest BCUT2D eigenvalue weighted by Gasteiger charge is -2.11. The molecule has 0 bridgehead atoms. The number of hydrogen-bond donors (Lipinski definition) is 2. The molecule has 4 heteroatoms. The summed E-state index contributed by atoms with van der Waals surface area (Å²) >= 11 is 0. The van der Waals surface area contributed by atoms with Gasteiger partial charge in [-0.2, -0.15) is 0 Å². The Morgan fingerprint density at radius 1 is 1.47 bits per heavy atom. The maximum Gasteiger partial charge on any atom is 0.233 e. The number of fused-ring (bicyclic) bond motifs is 1. The number of carbonyl (C=O) groups excluding carboxylic acids is 1. The van der Waals surface area contributed by atoms with Crippen molar-refractivity contribution in [1.82, 2.24) is 10.6 Å². The van der Waals surface area contributed by atoms with Crippen LogP contribution in [0.1, 0.15) is 12.5 Å². The van der Waals surface area contributed by atoms with Crippen molar-refractivity contribution in [3.05, 3.63) is 29.8 Å². The Hall–Kier alpha value is -1.55. The van der Waals surface area contributed by atoms with Crippen LogP contribution in [-0.2, 0) is 11.2 Å². The summed E-state index contributed by atoms with van der Waals surface area (Å²) in [4.78, 5) is 11.2. The first kappa shape index (κ1) is 11.9. The Morgan fingerprint density at radius 2 is 2.29 bits per heavy atom. The molecule has 0 saturated carbocycles.